The summed E-state index contributed by atoms with van der Waals surface area (Å²) in [5.74, 6) is -5.04. The van der Waals surface area contributed by atoms with E-state index in [4.69, 9.17) is 0 Å². The largest absolute Gasteiger partial charge is 0.319 e. The summed E-state index contributed by atoms with van der Waals surface area (Å²) in [5.41, 5.74) is -0.205. The summed E-state index contributed by atoms with van der Waals surface area (Å²) in [5, 5.41) is 2.17. The van der Waals surface area contributed by atoms with E-state index < -0.39 is 29.1 Å². The Bertz CT molecular complexity index is 686. The van der Waals surface area contributed by atoms with Crippen molar-refractivity contribution < 1.29 is 22.8 Å². The third-order valence-corrected chi connectivity index (χ3v) is 2.47. The number of rotatable bonds is 3. The van der Waals surface area contributed by atoms with E-state index in [1.165, 1.54) is 18.2 Å². The quantitative estimate of drug-likeness (QED) is 0.693. The summed E-state index contributed by atoms with van der Waals surface area (Å²) in [6, 6.07) is 7.31. The molecule has 102 valence electrons. The molecule has 0 aliphatic heterocycles. The van der Waals surface area contributed by atoms with Crippen LogP contribution < -0.4 is 5.32 Å². The number of halogens is 3. The van der Waals surface area contributed by atoms with E-state index in [0.29, 0.717) is 6.07 Å². The van der Waals surface area contributed by atoms with Gasteiger partial charge in [-0.1, -0.05) is 6.07 Å². The molecule has 0 aliphatic rings. The minimum absolute atomic E-state index is 0.0888. The van der Waals surface area contributed by atoms with Crippen LogP contribution in [0, 0.1) is 17.5 Å². The summed E-state index contributed by atoms with van der Waals surface area (Å²) in [4.78, 5) is 23.3. The Hall–Kier alpha value is -2.63. The molecule has 0 fully saturated rings. The predicted octanol–water partition coefficient (Wildman–Crippen LogP) is 2.93. The molecule has 2 aromatic carbocycles. The van der Waals surface area contributed by atoms with Crippen molar-refractivity contribution in [3.63, 3.8) is 0 Å². The number of benzene rings is 2. The Labute approximate surface area is 112 Å². The van der Waals surface area contributed by atoms with Gasteiger partial charge < -0.3 is 5.32 Å². The van der Waals surface area contributed by atoms with Crippen LogP contribution in [0.2, 0.25) is 0 Å². The predicted molar refractivity (Wildman–Crippen MR) is 65.7 cm³/mol. The minimum atomic E-state index is -1.23. The van der Waals surface area contributed by atoms with Gasteiger partial charge in [-0.25, -0.2) is 13.2 Å². The van der Waals surface area contributed by atoms with Crippen molar-refractivity contribution in [2.75, 3.05) is 5.32 Å². The van der Waals surface area contributed by atoms with Gasteiger partial charge >= 0.3 is 0 Å². The van der Waals surface area contributed by atoms with Crippen LogP contribution in [0.4, 0.5) is 18.9 Å². The number of hydrogen-bond acceptors (Lipinski definition) is 2. The Morgan fingerprint density at radius 2 is 1.65 bits per heavy atom. The highest BCUT2D eigenvalue weighted by Crippen LogP contribution is 2.12. The molecule has 0 bridgehead atoms. The second kappa shape index (κ2) is 5.56. The molecule has 0 unspecified atom stereocenters. The first-order chi connectivity index (χ1) is 9.47. The molecule has 6 heteroatoms. The molecule has 0 saturated carbocycles. The highest BCUT2D eigenvalue weighted by atomic mass is 19.2. The normalized spacial score (nSPS) is 10.2. The molecule has 1 amide bonds. The van der Waals surface area contributed by atoms with E-state index in [0.717, 1.165) is 18.2 Å². The van der Waals surface area contributed by atoms with Gasteiger partial charge in [-0.05, 0) is 36.4 Å². The van der Waals surface area contributed by atoms with Crippen molar-refractivity contribution in [1.29, 1.82) is 0 Å². The number of carbonyl (C=O) groups is 2. The highest BCUT2D eigenvalue weighted by Gasteiger charge is 2.18. The molecular weight excluding hydrogens is 271 g/mol. The average molecular weight is 279 g/mol. The van der Waals surface area contributed by atoms with Crippen molar-refractivity contribution >= 4 is 17.4 Å². The van der Waals surface area contributed by atoms with E-state index >= 15 is 0 Å². The minimum Gasteiger partial charge on any atom is -0.319 e. The third-order valence-electron chi connectivity index (χ3n) is 2.47. The molecule has 1 N–H and O–H groups in total. The van der Waals surface area contributed by atoms with Crippen molar-refractivity contribution in [3.05, 3.63) is 65.5 Å². The Balaban J connectivity index is 2.16. The summed E-state index contributed by atoms with van der Waals surface area (Å²) in [6.07, 6.45) is 0. The molecule has 2 rings (SSSR count). The van der Waals surface area contributed by atoms with Gasteiger partial charge in [0.05, 0.1) is 0 Å². The van der Waals surface area contributed by atoms with Gasteiger partial charge in [0.1, 0.15) is 5.82 Å². The van der Waals surface area contributed by atoms with Gasteiger partial charge in [0.15, 0.2) is 11.6 Å². The average Bonchev–Trinajstić information content (AvgIpc) is 2.41. The molecule has 3 nitrogen and oxygen atoms in total. The molecule has 0 radical (unpaired) electrons. The van der Waals surface area contributed by atoms with Gasteiger partial charge in [-0.15, -0.1) is 0 Å². The summed E-state index contributed by atoms with van der Waals surface area (Å²) >= 11 is 0. The summed E-state index contributed by atoms with van der Waals surface area (Å²) < 4.78 is 38.6. The lowest BCUT2D eigenvalue weighted by atomic mass is 10.1. The highest BCUT2D eigenvalue weighted by molar-refractivity contribution is 6.46. The molecule has 0 aliphatic carbocycles. The maximum atomic E-state index is 13.0. The Kier molecular flexibility index (Phi) is 3.84. The molecule has 0 saturated heterocycles. The van der Waals surface area contributed by atoms with E-state index in [2.05, 4.69) is 5.32 Å². The van der Waals surface area contributed by atoms with Crippen molar-refractivity contribution in [2.24, 2.45) is 0 Å². The Morgan fingerprint density at radius 3 is 2.30 bits per heavy atom. The second-order valence-corrected chi connectivity index (χ2v) is 3.92. The van der Waals surface area contributed by atoms with Gasteiger partial charge in [0.2, 0.25) is 0 Å². The fourth-order valence-electron chi connectivity index (χ4n) is 1.52. The van der Waals surface area contributed by atoms with Crippen molar-refractivity contribution in [2.45, 2.75) is 0 Å². The zero-order chi connectivity index (χ0) is 14.7. The van der Waals surface area contributed by atoms with Crippen molar-refractivity contribution in [1.82, 2.24) is 0 Å². The van der Waals surface area contributed by atoms with Crippen LogP contribution in [0.1, 0.15) is 10.4 Å². The first-order valence-corrected chi connectivity index (χ1v) is 5.53. The van der Waals surface area contributed by atoms with Crippen LogP contribution in [-0.4, -0.2) is 11.7 Å². The lowest BCUT2D eigenvalue weighted by Gasteiger charge is -2.04. The molecule has 0 atom stereocenters. The number of hydrogen-bond donors (Lipinski definition) is 1. The number of anilines is 1. The van der Waals surface area contributed by atoms with E-state index in [1.807, 2.05) is 0 Å². The molecule has 0 spiro atoms. The van der Waals surface area contributed by atoms with Crippen LogP contribution in [0.3, 0.4) is 0 Å². The van der Waals surface area contributed by atoms with Gasteiger partial charge in [0.25, 0.3) is 11.7 Å². The lowest BCUT2D eigenvalue weighted by molar-refractivity contribution is -0.112. The standard InChI is InChI=1S/C14H8F3NO2/c15-9-2-1-3-10(7-9)18-14(20)13(19)8-4-5-11(16)12(17)6-8/h1-7H,(H,18,20). The lowest BCUT2D eigenvalue weighted by Crippen LogP contribution is -2.23. The summed E-state index contributed by atoms with van der Waals surface area (Å²) in [7, 11) is 0. The number of Topliss-reactive ketones (excluding diaryl/α,β-unsaturated/α-hetero) is 1. The fourth-order valence-corrected chi connectivity index (χ4v) is 1.52. The maximum Gasteiger partial charge on any atom is 0.296 e. The summed E-state index contributed by atoms with van der Waals surface area (Å²) in [6.45, 7) is 0. The van der Waals surface area contributed by atoms with Crippen LogP contribution in [-0.2, 0) is 4.79 Å². The van der Waals surface area contributed by atoms with Crippen LogP contribution >= 0.6 is 0 Å². The van der Waals surface area contributed by atoms with Gasteiger partial charge in [-0.3, -0.25) is 9.59 Å². The second-order valence-electron chi connectivity index (χ2n) is 3.92. The topological polar surface area (TPSA) is 46.2 Å². The zero-order valence-corrected chi connectivity index (χ0v) is 9.99. The first kappa shape index (κ1) is 13.8. The fraction of sp³-hybridized carbons (Fsp3) is 0. The number of carbonyl (C=O) groups excluding carboxylic acids is 2. The van der Waals surface area contributed by atoms with Gasteiger partial charge in [-0.2, -0.15) is 0 Å². The van der Waals surface area contributed by atoms with E-state index in [9.17, 15) is 22.8 Å². The van der Waals surface area contributed by atoms with E-state index in [-0.39, 0.29) is 11.3 Å². The number of ketones is 1. The van der Waals surface area contributed by atoms with Crippen LogP contribution in [0.5, 0.6) is 0 Å². The van der Waals surface area contributed by atoms with Gasteiger partial charge in [0, 0.05) is 11.3 Å². The SMILES string of the molecule is O=C(Nc1cccc(F)c1)C(=O)c1ccc(F)c(F)c1. The maximum absolute atomic E-state index is 13.0. The molecule has 0 heterocycles. The molecule has 20 heavy (non-hydrogen) atoms. The molecule has 2 aromatic rings. The number of amides is 1. The van der Waals surface area contributed by atoms with Crippen molar-refractivity contribution in [3.8, 4) is 0 Å². The third kappa shape index (κ3) is 3.03. The smallest absolute Gasteiger partial charge is 0.296 e. The van der Waals surface area contributed by atoms with Crippen LogP contribution in [0.15, 0.2) is 42.5 Å². The molecule has 0 aromatic heterocycles. The molecular formula is C14H8F3NO2. The van der Waals surface area contributed by atoms with E-state index in [1.54, 1.807) is 0 Å². The first-order valence-electron chi connectivity index (χ1n) is 5.53. The number of nitrogens with one attached hydrogen (secondary N) is 1. The zero-order valence-electron chi connectivity index (χ0n) is 9.99. The Morgan fingerprint density at radius 1 is 0.900 bits per heavy atom. The monoisotopic (exact) mass is 279 g/mol. The van der Waals surface area contributed by atoms with Crippen LogP contribution in [0.25, 0.3) is 0 Å².